The van der Waals surface area contributed by atoms with E-state index in [1.54, 1.807) is 12.5 Å². The van der Waals surface area contributed by atoms with Crippen LogP contribution in [0.25, 0.3) is 11.1 Å². The van der Waals surface area contributed by atoms with Gasteiger partial charge in [0.1, 0.15) is 6.33 Å². The fourth-order valence-corrected chi connectivity index (χ4v) is 3.82. The van der Waals surface area contributed by atoms with Crippen molar-refractivity contribution in [1.29, 1.82) is 0 Å². The third-order valence-corrected chi connectivity index (χ3v) is 5.23. The van der Waals surface area contributed by atoms with E-state index >= 15 is 0 Å². The van der Waals surface area contributed by atoms with Gasteiger partial charge in [0, 0.05) is 16.8 Å². The van der Waals surface area contributed by atoms with Crippen molar-refractivity contribution in [1.82, 2.24) is 15.3 Å². The minimum Gasteiger partial charge on any atom is -0.317 e. The van der Waals surface area contributed by atoms with E-state index in [2.05, 4.69) is 41.8 Å². The highest BCUT2D eigenvalue weighted by molar-refractivity contribution is 6.30. The van der Waals surface area contributed by atoms with Gasteiger partial charge in [0.2, 0.25) is 0 Å². The molecule has 0 radical (unpaired) electrons. The molecule has 0 aliphatic carbocycles. The van der Waals surface area contributed by atoms with Crippen molar-refractivity contribution in [3.05, 3.63) is 70.8 Å². The molecule has 0 saturated carbocycles. The Balaban J connectivity index is 0.000000989. The maximum atomic E-state index is 6.13. The summed E-state index contributed by atoms with van der Waals surface area (Å²) in [6.45, 7) is 18.9. The van der Waals surface area contributed by atoms with Crippen LogP contribution in [0, 0.1) is 12.8 Å². The average molecular weight is 414 g/mol. The summed E-state index contributed by atoms with van der Waals surface area (Å²) in [7, 11) is 0. The summed E-state index contributed by atoms with van der Waals surface area (Å²) >= 11 is 6.13. The van der Waals surface area contributed by atoms with E-state index in [0.29, 0.717) is 5.92 Å². The van der Waals surface area contributed by atoms with Crippen LogP contribution < -0.4 is 5.32 Å². The van der Waals surface area contributed by atoms with Crippen LogP contribution in [0.2, 0.25) is 5.02 Å². The molecule has 0 unspecified atom stereocenters. The van der Waals surface area contributed by atoms with Crippen molar-refractivity contribution < 1.29 is 0 Å². The Bertz CT molecular complexity index is 791. The van der Waals surface area contributed by atoms with Crippen LogP contribution in [0.1, 0.15) is 64.3 Å². The van der Waals surface area contributed by atoms with E-state index in [9.17, 15) is 0 Å². The largest absolute Gasteiger partial charge is 0.317 e. The zero-order valence-electron chi connectivity index (χ0n) is 18.8. The zero-order chi connectivity index (χ0) is 21.8. The highest BCUT2D eigenvalue weighted by Crippen LogP contribution is 2.37. The Hall–Kier alpha value is -1.97. The second kappa shape index (κ2) is 13.3. The number of piperidine rings is 1. The quantitative estimate of drug-likeness (QED) is 0.549. The molecule has 1 fully saturated rings. The molecule has 158 valence electrons. The molecule has 0 amide bonds. The first-order chi connectivity index (χ1) is 14.1. The second-order valence-corrected chi connectivity index (χ2v) is 7.05. The predicted molar refractivity (Wildman–Crippen MR) is 128 cm³/mol. The molecule has 1 N–H and O–H groups in total. The van der Waals surface area contributed by atoms with Crippen molar-refractivity contribution in [2.45, 2.75) is 54.4 Å². The summed E-state index contributed by atoms with van der Waals surface area (Å²) in [6, 6.07) is 7.93. The van der Waals surface area contributed by atoms with E-state index in [1.165, 1.54) is 5.57 Å². The van der Waals surface area contributed by atoms with Crippen molar-refractivity contribution >= 4 is 22.7 Å². The molecule has 2 heterocycles. The Morgan fingerprint density at radius 1 is 1.10 bits per heavy atom. The summed E-state index contributed by atoms with van der Waals surface area (Å²) in [6.07, 6.45) is 5.69. The molecule has 1 aliphatic heterocycles. The van der Waals surface area contributed by atoms with Gasteiger partial charge in [-0.3, -0.25) is 0 Å². The maximum absolute atomic E-state index is 6.13. The number of halogens is 1. The van der Waals surface area contributed by atoms with E-state index in [0.717, 1.165) is 58.9 Å². The molecule has 29 heavy (non-hydrogen) atoms. The number of allylic oxidation sites excluding steroid dienone is 3. The highest BCUT2D eigenvalue weighted by atomic mass is 35.5. The van der Waals surface area contributed by atoms with Gasteiger partial charge in [-0.1, -0.05) is 57.5 Å². The number of aryl methyl sites for hydroxylation is 1. The van der Waals surface area contributed by atoms with E-state index in [4.69, 9.17) is 11.6 Å². The Morgan fingerprint density at radius 2 is 1.76 bits per heavy atom. The van der Waals surface area contributed by atoms with Gasteiger partial charge in [-0.2, -0.15) is 0 Å². The summed E-state index contributed by atoms with van der Waals surface area (Å²) in [5.74, 6) is 0.551. The molecule has 0 spiro atoms. The van der Waals surface area contributed by atoms with Crippen LogP contribution in [0.15, 0.2) is 48.9 Å². The van der Waals surface area contributed by atoms with Crippen molar-refractivity contribution in [2.75, 3.05) is 13.1 Å². The molecule has 1 aromatic carbocycles. The molecular formula is C25H36ClN3. The van der Waals surface area contributed by atoms with Gasteiger partial charge >= 0.3 is 0 Å². The minimum atomic E-state index is 0.551. The lowest BCUT2D eigenvalue weighted by molar-refractivity contribution is 0.421. The molecule has 0 atom stereocenters. The van der Waals surface area contributed by atoms with Crippen LogP contribution in [-0.4, -0.2) is 23.1 Å². The number of hydrogen-bond donors (Lipinski definition) is 1. The standard InChI is InChI=1S/C21H24ClN3.2C2H6/c1-14-12-18(22)4-5-19(14)16(3)21(20-8-11-24-13-25-20)15(2)17-6-9-23-10-7-17;2*1-2/h4-5,8,11-13,17,23H,3,6-7,9-10H2,1-2H3;2*1-2H3/b21-15-;;. The molecule has 1 saturated heterocycles. The zero-order valence-corrected chi connectivity index (χ0v) is 19.6. The Labute approximate surface area is 182 Å². The normalized spacial score (nSPS) is 14.6. The van der Waals surface area contributed by atoms with Gasteiger partial charge in [-0.05, 0) is 80.6 Å². The summed E-state index contributed by atoms with van der Waals surface area (Å²) in [5, 5.41) is 4.19. The third kappa shape index (κ3) is 6.80. The molecule has 3 nitrogen and oxygen atoms in total. The number of nitrogens with zero attached hydrogens (tertiary/aromatic N) is 2. The number of aromatic nitrogens is 2. The van der Waals surface area contributed by atoms with Crippen molar-refractivity contribution in [3.8, 4) is 0 Å². The van der Waals surface area contributed by atoms with Gasteiger partial charge in [0.05, 0.1) is 5.69 Å². The molecular weight excluding hydrogens is 378 g/mol. The molecule has 4 heteroatoms. The lowest BCUT2D eigenvalue weighted by Crippen LogP contribution is -2.28. The first-order valence-electron chi connectivity index (χ1n) is 10.7. The first kappa shape index (κ1) is 25.1. The van der Waals surface area contributed by atoms with E-state index < -0.39 is 0 Å². The fourth-order valence-electron chi connectivity index (χ4n) is 3.59. The average Bonchev–Trinajstić information content (AvgIpc) is 2.78. The molecule has 2 aromatic rings. The Morgan fingerprint density at radius 3 is 2.31 bits per heavy atom. The van der Waals surface area contributed by atoms with Gasteiger partial charge in [0.15, 0.2) is 0 Å². The van der Waals surface area contributed by atoms with E-state index in [-0.39, 0.29) is 0 Å². The summed E-state index contributed by atoms with van der Waals surface area (Å²) in [4.78, 5) is 8.59. The van der Waals surface area contributed by atoms with Crippen LogP contribution in [0.5, 0.6) is 0 Å². The van der Waals surface area contributed by atoms with Crippen LogP contribution >= 0.6 is 11.6 Å². The van der Waals surface area contributed by atoms with E-state index in [1.807, 2.05) is 45.9 Å². The van der Waals surface area contributed by atoms with Crippen LogP contribution in [-0.2, 0) is 0 Å². The van der Waals surface area contributed by atoms with Crippen LogP contribution in [0.3, 0.4) is 0 Å². The SMILES string of the molecule is C=C(/C(=C(\C)C1CCNCC1)c1ccncn1)c1ccc(Cl)cc1C.CC.CC. The van der Waals surface area contributed by atoms with Crippen LogP contribution in [0.4, 0.5) is 0 Å². The number of rotatable bonds is 4. The van der Waals surface area contributed by atoms with Crippen molar-refractivity contribution in [2.24, 2.45) is 5.92 Å². The van der Waals surface area contributed by atoms with Gasteiger partial charge < -0.3 is 5.32 Å². The minimum absolute atomic E-state index is 0.551. The number of benzene rings is 1. The maximum Gasteiger partial charge on any atom is 0.116 e. The second-order valence-electron chi connectivity index (χ2n) is 6.61. The predicted octanol–water partition coefficient (Wildman–Crippen LogP) is 6.98. The number of hydrogen-bond acceptors (Lipinski definition) is 3. The first-order valence-corrected chi connectivity index (χ1v) is 11.1. The lowest BCUT2D eigenvalue weighted by atomic mass is 9.82. The molecule has 1 aliphatic rings. The molecule has 0 bridgehead atoms. The smallest absolute Gasteiger partial charge is 0.116 e. The van der Waals surface area contributed by atoms with Gasteiger partial charge in [-0.15, -0.1) is 0 Å². The summed E-state index contributed by atoms with van der Waals surface area (Å²) in [5.41, 5.74) is 6.68. The van der Waals surface area contributed by atoms with Gasteiger partial charge in [0.25, 0.3) is 0 Å². The molecule has 3 rings (SSSR count). The fraction of sp³-hybridized carbons (Fsp3) is 0.440. The topological polar surface area (TPSA) is 37.8 Å². The van der Waals surface area contributed by atoms with Crippen molar-refractivity contribution in [3.63, 3.8) is 0 Å². The molecule has 1 aromatic heterocycles. The lowest BCUT2D eigenvalue weighted by Gasteiger charge is -2.27. The number of nitrogens with one attached hydrogen (secondary N) is 1. The highest BCUT2D eigenvalue weighted by Gasteiger charge is 2.22. The third-order valence-electron chi connectivity index (χ3n) is 5.00. The Kier molecular flexibility index (Phi) is 11.5. The van der Waals surface area contributed by atoms with Gasteiger partial charge in [-0.25, -0.2) is 9.97 Å². The monoisotopic (exact) mass is 413 g/mol. The summed E-state index contributed by atoms with van der Waals surface area (Å²) < 4.78 is 0.